The van der Waals surface area contributed by atoms with E-state index in [4.69, 9.17) is 0 Å². The Morgan fingerprint density at radius 2 is 2.11 bits per heavy atom. The zero-order chi connectivity index (χ0) is 12.9. The second-order valence-corrected chi connectivity index (χ2v) is 4.68. The molecular weight excluding hydrogens is 240 g/mol. The standard InChI is InChI=1S/C10H10N4O4/c1-10(15)4-13(5-10)6-2-3-7(14(16)17)9-8(6)11-18-12-9/h2-3,15H,4-5H2,1H3. The number of nitro benzene ring substituents is 1. The molecule has 8 heteroatoms. The van der Waals surface area contributed by atoms with Crippen molar-refractivity contribution in [1.29, 1.82) is 0 Å². The fourth-order valence-electron chi connectivity index (χ4n) is 2.19. The summed E-state index contributed by atoms with van der Waals surface area (Å²) in [7, 11) is 0. The highest BCUT2D eigenvalue weighted by atomic mass is 16.6. The van der Waals surface area contributed by atoms with E-state index in [0.29, 0.717) is 24.3 Å². The van der Waals surface area contributed by atoms with Crippen LogP contribution in [0.25, 0.3) is 11.0 Å². The van der Waals surface area contributed by atoms with Gasteiger partial charge in [-0.1, -0.05) is 0 Å². The van der Waals surface area contributed by atoms with E-state index in [1.165, 1.54) is 6.07 Å². The van der Waals surface area contributed by atoms with Crippen molar-refractivity contribution in [2.24, 2.45) is 0 Å². The maximum Gasteiger partial charge on any atom is 0.300 e. The lowest BCUT2D eigenvalue weighted by Gasteiger charge is -2.45. The number of aliphatic hydroxyl groups is 1. The Bertz CT molecular complexity index is 628. The first kappa shape index (κ1) is 10.9. The second kappa shape index (κ2) is 3.39. The summed E-state index contributed by atoms with van der Waals surface area (Å²) in [5.74, 6) is 0. The molecule has 1 saturated heterocycles. The van der Waals surface area contributed by atoms with E-state index in [9.17, 15) is 15.2 Å². The summed E-state index contributed by atoms with van der Waals surface area (Å²) in [4.78, 5) is 12.2. The maximum atomic E-state index is 10.8. The predicted octanol–water partition coefficient (Wildman–Crippen LogP) is 0.702. The van der Waals surface area contributed by atoms with Crippen LogP contribution in [0.4, 0.5) is 11.4 Å². The lowest BCUT2D eigenvalue weighted by atomic mass is 9.96. The Kier molecular flexibility index (Phi) is 2.05. The van der Waals surface area contributed by atoms with Crippen molar-refractivity contribution in [3.05, 3.63) is 22.2 Å². The predicted molar refractivity (Wildman–Crippen MR) is 61.3 cm³/mol. The maximum absolute atomic E-state index is 10.8. The number of anilines is 1. The van der Waals surface area contributed by atoms with Gasteiger partial charge in [0.15, 0.2) is 5.52 Å². The van der Waals surface area contributed by atoms with Gasteiger partial charge in [-0.25, -0.2) is 4.63 Å². The highest BCUT2D eigenvalue weighted by molar-refractivity contribution is 5.94. The molecule has 1 N–H and O–H groups in total. The van der Waals surface area contributed by atoms with Gasteiger partial charge in [-0.2, -0.15) is 0 Å². The fourth-order valence-corrected chi connectivity index (χ4v) is 2.19. The molecule has 1 fully saturated rings. The third-order valence-electron chi connectivity index (χ3n) is 2.97. The van der Waals surface area contributed by atoms with E-state index in [1.54, 1.807) is 13.0 Å². The Hall–Kier alpha value is -2.22. The molecule has 1 aliphatic rings. The smallest absolute Gasteiger partial charge is 0.300 e. The van der Waals surface area contributed by atoms with Gasteiger partial charge in [0.1, 0.15) is 0 Å². The van der Waals surface area contributed by atoms with Gasteiger partial charge in [0.2, 0.25) is 5.52 Å². The summed E-state index contributed by atoms with van der Waals surface area (Å²) in [6, 6.07) is 2.97. The first-order chi connectivity index (χ1) is 8.48. The number of β-amino-alcohol motifs (C(OH)–C–C–N with tert-alkyl or cyclic N) is 1. The zero-order valence-corrected chi connectivity index (χ0v) is 9.53. The van der Waals surface area contributed by atoms with Crippen LogP contribution in [0, 0.1) is 10.1 Å². The van der Waals surface area contributed by atoms with Crippen LogP contribution in [0.2, 0.25) is 0 Å². The van der Waals surface area contributed by atoms with Crippen LogP contribution < -0.4 is 4.90 Å². The summed E-state index contributed by atoms with van der Waals surface area (Å²) < 4.78 is 4.57. The quantitative estimate of drug-likeness (QED) is 0.617. The van der Waals surface area contributed by atoms with E-state index in [0.717, 1.165) is 0 Å². The van der Waals surface area contributed by atoms with E-state index in [-0.39, 0.29) is 11.2 Å². The van der Waals surface area contributed by atoms with Crippen molar-refractivity contribution < 1.29 is 14.7 Å². The second-order valence-electron chi connectivity index (χ2n) is 4.68. The third kappa shape index (κ3) is 1.50. The van der Waals surface area contributed by atoms with Crippen molar-refractivity contribution in [3.63, 3.8) is 0 Å². The van der Waals surface area contributed by atoms with Gasteiger partial charge in [0, 0.05) is 19.2 Å². The molecule has 2 heterocycles. The molecule has 1 aromatic heterocycles. The Labute approximate surface area is 101 Å². The van der Waals surface area contributed by atoms with Gasteiger partial charge in [-0.15, -0.1) is 0 Å². The van der Waals surface area contributed by atoms with Gasteiger partial charge in [-0.3, -0.25) is 10.1 Å². The molecule has 0 radical (unpaired) electrons. The summed E-state index contributed by atoms with van der Waals surface area (Å²) in [5, 5.41) is 27.8. The SMILES string of the molecule is CC1(O)CN(c2ccc([N+](=O)[O-])c3nonc23)C1. The van der Waals surface area contributed by atoms with Crippen molar-refractivity contribution in [2.45, 2.75) is 12.5 Å². The monoisotopic (exact) mass is 250 g/mol. The molecule has 0 atom stereocenters. The number of hydrogen-bond donors (Lipinski definition) is 1. The van der Waals surface area contributed by atoms with Gasteiger partial charge in [0.25, 0.3) is 0 Å². The normalized spacial score (nSPS) is 17.8. The number of nitrogens with zero attached hydrogens (tertiary/aromatic N) is 4. The highest BCUT2D eigenvalue weighted by Gasteiger charge is 2.38. The molecule has 0 saturated carbocycles. The molecule has 18 heavy (non-hydrogen) atoms. The van der Waals surface area contributed by atoms with E-state index >= 15 is 0 Å². The van der Waals surface area contributed by atoms with Crippen LogP contribution >= 0.6 is 0 Å². The van der Waals surface area contributed by atoms with Gasteiger partial charge in [-0.05, 0) is 23.3 Å². The van der Waals surface area contributed by atoms with Crippen molar-refractivity contribution in [2.75, 3.05) is 18.0 Å². The minimum absolute atomic E-state index is 0.129. The first-order valence-corrected chi connectivity index (χ1v) is 5.35. The topological polar surface area (TPSA) is 106 Å². The fraction of sp³-hybridized carbons (Fsp3) is 0.400. The lowest BCUT2D eigenvalue weighted by Crippen LogP contribution is -2.60. The van der Waals surface area contributed by atoms with Crippen LogP contribution in [0.1, 0.15) is 6.92 Å². The van der Waals surface area contributed by atoms with E-state index in [2.05, 4.69) is 14.9 Å². The third-order valence-corrected chi connectivity index (χ3v) is 2.97. The molecule has 0 aliphatic carbocycles. The molecule has 3 rings (SSSR count). The Morgan fingerprint density at radius 1 is 1.44 bits per heavy atom. The molecule has 94 valence electrons. The zero-order valence-electron chi connectivity index (χ0n) is 9.53. The largest absolute Gasteiger partial charge is 0.386 e. The van der Waals surface area contributed by atoms with Crippen LogP contribution in [0.15, 0.2) is 16.8 Å². The first-order valence-electron chi connectivity index (χ1n) is 5.35. The van der Waals surface area contributed by atoms with E-state index in [1.807, 2.05) is 4.90 Å². The molecule has 0 unspecified atom stereocenters. The van der Waals surface area contributed by atoms with Crippen molar-refractivity contribution >= 4 is 22.4 Å². The molecule has 1 aromatic carbocycles. The summed E-state index contributed by atoms with van der Waals surface area (Å²) >= 11 is 0. The highest BCUT2D eigenvalue weighted by Crippen LogP contribution is 2.35. The number of fused-ring (bicyclic) bond motifs is 1. The van der Waals surface area contributed by atoms with Crippen LogP contribution in [-0.4, -0.2) is 39.0 Å². The Balaban J connectivity index is 2.07. The summed E-state index contributed by atoms with van der Waals surface area (Å²) in [5.41, 5.74) is 0.292. The lowest BCUT2D eigenvalue weighted by molar-refractivity contribution is -0.383. The van der Waals surface area contributed by atoms with Crippen LogP contribution in [0.5, 0.6) is 0 Å². The average molecular weight is 250 g/mol. The molecule has 1 aliphatic heterocycles. The number of aromatic nitrogens is 2. The van der Waals surface area contributed by atoms with Crippen molar-refractivity contribution in [1.82, 2.24) is 10.3 Å². The molecule has 8 nitrogen and oxygen atoms in total. The van der Waals surface area contributed by atoms with Gasteiger partial charge in [0.05, 0.1) is 16.2 Å². The number of nitro groups is 1. The Morgan fingerprint density at radius 3 is 2.72 bits per heavy atom. The average Bonchev–Trinajstić information content (AvgIpc) is 2.72. The summed E-state index contributed by atoms with van der Waals surface area (Å²) in [6.07, 6.45) is 0. The minimum atomic E-state index is -0.731. The molecule has 2 aromatic rings. The molecular formula is C10H10N4O4. The molecule has 0 bridgehead atoms. The number of non-ortho nitro benzene ring substituents is 1. The van der Waals surface area contributed by atoms with Gasteiger partial charge >= 0.3 is 5.69 Å². The number of rotatable bonds is 2. The van der Waals surface area contributed by atoms with Gasteiger partial charge < -0.3 is 10.0 Å². The van der Waals surface area contributed by atoms with E-state index < -0.39 is 10.5 Å². The van der Waals surface area contributed by atoms with Crippen molar-refractivity contribution in [3.8, 4) is 0 Å². The van der Waals surface area contributed by atoms with Crippen LogP contribution in [-0.2, 0) is 0 Å². The number of hydrogen-bond acceptors (Lipinski definition) is 7. The molecule has 0 amide bonds. The number of benzene rings is 1. The summed E-state index contributed by atoms with van der Waals surface area (Å²) in [6.45, 7) is 2.63. The minimum Gasteiger partial charge on any atom is -0.386 e. The molecule has 0 spiro atoms. The van der Waals surface area contributed by atoms with Crippen LogP contribution in [0.3, 0.4) is 0 Å².